The lowest BCUT2D eigenvalue weighted by Gasteiger charge is -2.35. The first-order chi connectivity index (χ1) is 12.9. The van der Waals surface area contributed by atoms with Crippen LogP contribution in [0.5, 0.6) is 5.75 Å². The number of amides is 1. The van der Waals surface area contributed by atoms with Gasteiger partial charge in [0.1, 0.15) is 11.6 Å². The molecule has 1 atom stereocenters. The van der Waals surface area contributed by atoms with Gasteiger partial charge in [0.25, 0.3) is 5.91 Å². The number of hydrogen-bond donors (Lipinski definition) is 2. The lowest BCUT2D eigenvalue weighted by Crippen LogP contribution is -2.46. The number of nitrogens with zero attached hydrogens (tertiary/aromatic N) is 1. The number of hydrogen-bond acceptors (Lipinski definition) is 3. The van der Waals surface area contributed by atoms with Gasteiger partial charge in [0, 0.05) is 12.7 Å². The number of anilines is 1. The third-order valence-corrected chi connectivity index (χ3v) is 4.95. The first kappa shape index (κ1) is 18.8. The summed E-state index contributed by atoms with van der Waals surface area (Å²) in [5.41, 5.74) is 2.54. The molecule has 0 bridgehead atoms. The van der Waals surface area contributed by atoms with Crippen molar-refractivity contribution in [3.63, 3.8) is 0 Å². The van der Waals surface area contributed by atoms with Gasteiger partial charge in [-0.15, -0.1) is 0 Å². The molecule has 1 aliphatic heterocycles. The molecule has 2 aromatic rings. The summed E-state index contributed by atoms with van der Waals surface area (Å²) in [6.45, 7) is 1.83. The Morgan fingerprint density at radius 1 is 1.22 bits per heavy atom. The van der Waals surface area contributed by atoms with E-state index >= 15 is 0 Å². The first-order valence-electron chi connectivity index (χ1n) is 8.37. The fourth-order valence-corrected chi connectivity index (χ4v) is 3.23. The lowest BCUT2D eigenvalue weighted by molar-refractivity contribution is -0.113. The Balaban J connectivity index is 2.00. The molecule has 0 saturated heterocycles. The Bertz CT molecular complexity index is 912. The fraction of sp³-hybridized carbons (Fsp3) is 0.200. The number of allylic oxidation sites excluding steroid dienone is 1. The minimum Gasteiger partial charge on any atom is -0.495 e. The average molecular weight is 385 g/mol. The van der Waals surface area contributed by atoms with Gasteiger partial charge in [-0.2, -0.15) is 0 Å². The third-order valence-electron chi connectivity index (χ3n) is 4.56. The van der Waals surface area contributed by atoms with E-state index in [1.807, 2.05) is 19.1 Å². The van der Waals surface area contributed by atoms with Crippen LogP contribution >= 0.6 is 12.2 Å². The van der Waals surface area contributed by atoms with E-state index in [2.05, 4.69) is 10.6 Å². The van der Waals surface area contributed by atoms with Gasteiger partial charge in [-0.05, 0) is 49.0 Å². The SMILES string of the molecule is COc1ccccc1NC(=O)C1=C(C)N(C)C(=S)NC1c1ccc(F)cc1. The van der Waals surface area contributed by atoms with E-state index in [1.54, 1.807) is 43.3 Å². The van der Waals surface area contributed by atoms with Gasteiger partial charge in [-0.3, -0.25) is 4.79 Å². The average Bonchev–Trinajstić information content (AvgIpc) is 2.66. The number of nitrogens with one attached hydrogen (secondary N) is 2. The number of halogens is 1. The zero-order valence-corrected chi connectivity index (χ0v) is 16.1. The maximum Gasteiger partial charge on any atom is 0.255 e. The van der Waals surface area contributed by atoms with Crippen LogP contribution < -0.4 is 15.4 Å². The van der Waals surface area contributed by atoms with Crippen molar-refractivity contribution in [1.29, 1.82) is 0 Å². The van der Waals surface area contributed by atoms with Crippen molar-refractivity contribution in [1.82, 2.24) is 10.2 Å². The van der Waals surface area contributed by atoms with E-state index in [9.17, 15) is 9.18 Å². The molecule has 0 aliphatic carbocycles. The fourth-order valence-electron chi connectivity index (χ4n) is 2.97. The van der Waals surface area contributed by atoms with Crippen molar-refractivity contribution in [2.24, 2.45) is 0 Å². The number of carbonyl (C=O) groups excluding carboxylic acids is 1. The van der Waals surface area contributed by atoms with E-state index in [4.69, 9.17) is 17.0 Å². The van der Waals surface area contributed by atoms with Crippen LogP contribution in [0.4, 0.5) is 10.1 Å². The minimum atomic E-state index is -0.482. The zero-order valence-electron chi connectivity index (χ0n) is 15.2. The second-order valence-electron chi connectivity index (χ2n) is 6.15. The number of thiocarbonyl (C=S) groups is 1. The predicted molar refractivity (Wildman–Crippen MR) is 107 cm³/mol. The summed E-state index contributed by atoms with van der Waals surface area (Å²) in [7, 11) is 3.34. The Morgan fingerprint density at radius 2 is 1.89 bits per heavy atom. The van der Waals surface area contributed by atoms with E-state index in [1.165, 1.54) is 12.1 Å². The number of ether oxygens (including phenoxy) is 1. The van der Waals surface area contributed by atoms with Crippen molar-refractivity contribution in [2.75, 3.05) is 19.5 Å². The van der Waals surface area contributed by atoms with Crippen molar-refractivity contribution < 1.29 is 13.9 Å². The number of benzene rings is 2. The maximum atomic E-state index is 13.3. The van der Waals surface area contributed by atoms with Crippen LogP contribution in [0.25, 0.3) is 0 Å². The molecule has 0 aromatic heterocycles. The summed E-state index contributed by atoms with van der Waals surface area (Å²) in [5.74, 6) is -0.0572. The smallest absolute Gasteiger partial charge is 0.255 e. The quantitative estimate of drug-likeness (QED) is 0.788. The van der Waals surface area contributed by atoms with Crippen LogP contribution in [0.3, 0.4) is 0 Å². The van der Waals surface area contributed by atoms with Crippen LogP contribution in [0, 0.1) is 5.82 Å². The molecule has 1 unspecified atom stereocenters. The van der Waals surface area contributed by atoms with E-state index in [-0.39, 0.29) is 11.7 Å². The summed E-state index contributed by atoms with van der Waals surface area (Å²) >= 11 is 5.37. The monoisotopic (exact) mass is 385 g/mol. The highest BCUT2D eigenvalue weighted by molar-refractivity contribution is 7.80. The van der Waals surface area contributed by atoms with Gasteiger partial charge < -0.3 is 20.3 Å². The maximum absolute atomic E-state index is 13.3. The molecule has 0 saturated carbocycles. The molecule has 1 heterocycles. The number of carbonyl (C=O) groups is 1. The zero-order chi connectivity index (χ0) is 19.6. The minimum absolute atomic E-state index is 0.284. The molecule has 5 nitrogen and oxygen atoms in total. The van der Waals surface area contributed by atoms with Crippen LogP contribution in [-0.4, -0.2) is 30.1 Å². The molecule has 2 N–H and O–H groups in total. The van der Waals surface area contributed by atoms with Crippen LogP contribution in [0.1, 0.15) is 18.5 Å². The van der Waals surface area contributed by atoms with E-state index in [0.29, 0.717) is 22.1 Å². The highest BCUT2D eigenvalue weighted by Crippen LogP contribution is 2.32. The Morgan fingerprint density at radius 3 is 2.56 bits per heavy atom. The summed E-state index contributed by atoms with van der Waals surface area (Å²) in [5, 5.41) is 6.56. The van der Waals surface area contributed by atoms with Gasteiger partial charge >= 0.3 is 0 Å². The largest absolute Gasteiger partial charge is 0.495 e. The van der Waals surface area contributed by atoms with E-state index in [0.717, 1.165) is 11.3 Å². The molecule has 1 aliphatic rings. The second-order valence-corrected chi connectivity index (χ2v) is 6.53. The summed E-state index contributed by atoms with van der Waals surface area (Å²) in [4.78, 5) is 14.9. The van der Waals surface area contributed by atoms with Gasteiger partial charge in [0.15, 0.2) is 5.11 Å². The summed E-state index contributed by atoms with van der Waals surface area (Å²) in [6, 6.07) is 12.7. The predicted octanol–water partition coefficient (Wildman–Crippen LogP) is 3.61. The summed E-state index contributed by atoms with van der Waals surface area (Å²) in [6.07, 6.45) is 0. The van der Waals surface area contributed by atoms with Gasteiger partial charge in [-0.25, -0.2) is 4.39 Å². The molecule has 1 amide bonds. The highest BCUT2D eigenvalue weighted by atomic mass is 32.1. The number of methoxy groups -OCH3 is 1. The molecule has 0 radical (unpaired) electrons. The summed E-state index contributed by atoms with van der Waals surface area (Å²) < 4.78 is 18.6. The van der Waals surface area contributed by atoms with Crippen LogP contribution in [0.2, 0.25) is 0 Å². The van der Waals surface area contributed by atoms with Crippen molar-refractivity contribution in [3.8, 4) is 5.75 Å². The molecule has 2 aromatic carbocycles. The topological polar surface area (TPSA) is 53.6 Å². The highest BCUT2D eigenvalue weighted by Gasteiger charge is 2.32. The molecular formula is C20H20FN3O2S. The normalized spacial score (nSPS) is 16.8. The van der Waals surface area contributed by atoms with Gasteiger partial charge in [0.05, 0.1) is 24.4 Å². The van der Waals surface area contributed by atoms with Crippen molar-refractivity contribution >= 4 is 28.9 Å². The van der Waals surface area contributed by atoms with Crippen LogP contribution in [0.15, 0.2) is 59.8 Å². The molecule has 0 spiro atoms. The van der Waals surface area contributed by atoms with Crippen molar-refractivity contribution in [3.05, 3.63) is 71.2 Å². The number of rotatable bonds is 4. The molecule has 0 fully saturated rings. The van der Waals surface area contributed by atoms with E-state index < -0.39 is 6.04 Å². The van der Waals surface area contributed by atoms with Gasteiger partial charge in [-0.1, -0.05) is 24.3 Å². The molecule has 27 heavy (non-hydrogen) atoms. The van der Waals surface area contributed by atoms with Gasteiger partial charge in [0.2, 0.25) is 0 Å². The number of para-hydroxylation sites is 2. The third kappa shape index (κ3) is 3.78. The first-order valence-corrected chi connectivity index (χ1v) is 8.78. The molecule has 3 rings (SSSR count). The Kier molecular flexibility index (Phi) is 5.41. The molecule has 7 heteroatoms. The lowest BCUT2D eigenvalue weighted by atomic mass is 9.94. The second kappa shape index (κ2) is 7.75. The molecular weight excluding hydrogens is 365 g/mol. The van der Waals surface area contributed by atoms with Crippen LogP contribution in [-0.2, 0) is 4.79 Å². The Hall–Kier alpha value is -2.93. The standard InChI is InChI=1S/C20H20FN3O2S/c1-12-17(19(25)22-15-6-4-5-7-16(15)26-3)18(23-20(27)24(12)2)13-8-10-14(21)11-9-13/h4-11,18H,1-3H3,(H,22,25)(H,23,27). The molecule has 140 valence electrons. The Labute approximate surface area is 162 Å². The van der Waals surface area contributed by atoms with Crippen molar-refractivity contribution in [2.45, 2.75) is 13.0 Å².